The second kappa shape index (κ2) is 8.81. The van der Waals surface area contributed by atoms with Crippen LogP contribution in [0.15, 0.2) is 60.8 Å². The van der Waals surface area contributed by atoms with Crippen LogP contribution in [0.2, 0.25) is 0 Å². The number of halogens is 4. The van der Waals surface area contributed by atoms with Gasteiger partial charge in [-0.05, 0) is 42.0 Å². The van der Waals surface area contributed by atoms with Gasteiger partial charge in [-0.1, -0.05) is 12.1 Å². The largest absolute Gasteiger partial charge is 0.323 e. The Hall–Kier alpha value is -4.08. The summed E-state index contributed by atoms with van der Waals surface area (Å²) in [5, 5.41) is 2.42. The van der Waals surface area contributed by atoms with Crippen LogP contribution in [-0.4, -0.2) is 33.6 Å². The number of benzene rings is 2. The van der Waals surface area contributed by atoms with Crippen molar-refractivity contribution in [3.63, 3.8) is 0 Å². The fourth-order valence-electron chi connectivity index (χ4n) is 3.58. The molecule has 1 N–H and O–H groups in total. The lowest BCUT2D eigenvalue weighted by Gasteiger charge is -2.25. The van der Waals surface area contributed by atoms with E-state index in [-0.39, 0.29) is 28.8 Å². The van der Waals surface area contributed by atoms with Gasteiger partial charge >= 0.3 is 0 Å². The van der Waals surface area contributed by atoms with Gasteiger partial charge in [0.15, 0.2) is 0 Å². The highest BCUT2D eigenvalue weighted by molar-refractivity contribution is 6.23. The Morgan fingerprint density at radius 1 is 0.939 bits per heavy atom. The summed E-state index contributed by atoms with van der Waals surface area (Å²) in [5.41, 5.74) is -0.241. The molecule has 1 aliphatic heterocycles. The van der Waals surface area contributed by atoms with Crippen LogP contribution in [0.25, 0.3) is 0 Å². The maximum atomic E-state index is 13.7. The van der Waals surface area contributed by atoms with Gasteiger partial charge in [0.1, 0.15) is 23.4 Å². The summed E-state index contributed by atoms with van der Waals surface area (Å²) in [7, 11) is 0. The Morgan fingerprint density at radius 2 is 1.55 bits per heavy atom. The van der Waals surface area contributed by atoms with Crippen molar-refractivity contribution in [2.24, 2.45) is 0 Å². The number of amides is 3. The van der Waals surface area contributed by atoms with Crippen molar-refractivity contribution in [2.45, 2.75) is 18.9 Å². The van der Waals surface area contributed by atoms with E-state index in [1.807, 2.05) is 0 Å². The van der Waals surface area contributed by atoms with Gasteiger partial charge in [0, 0.05) is 12.5 Å². The second-order valence-corrected chi connectivity index (χ2v) is 7.29. The van der Waals surface area contributed by atoms with Gasteiger partial charge in [-0.25, -0.2) is 17.6 Å². The predicted octanol–water partition coefficient (Wildman–Crippen LogP) is 4.14. The number of aromatic nitrogens is 1. The molecule has 2 heterocycles. The van der Waals surface area contributed by atoms with Crippen molar-refractivity contribution < 1.29 is 31.9 Å². The first-order chi connectivity index (χ1) is 15.7. The highest BCUT2D eigenvalue weighted by Crippen LogP contribution is 2.27. The van der Waals surface area contributed by atoms with Gasteiger partial charge < -0.3 is 5.32 Å². The molecular formula is C23H15F4N3O3. The van der Waals surface area contributed by atoms with E-state index < -0.39 is 47.5 Å². The molecule has 0 radical (unpaired) electrons. The molecule has 0 saturated heterocycles. The number of nitrogens with one attached hydrogen (secondary N) is 1. The van der Waals surface area contributed by atoms with Crippen molar-refractivity contribution in [3.05, 3.63) is 94.8 Å². The van der Waals surface area contributed by atoms with E-state index in [9.17, 15) is 31.9 Å². The molecule has 3 aromatic rings. The van der Waals surface area contributed by atoms with Crippen molar-refractivity contribution >= 4 is 23.4 Å². The zero-order valence-corrected chi connectivity index (χ0v) is 16.8. The molecule has 0 aliphatic carbocycles. The maximum Gasteiger partial charge on any atom is 0.280 e. The number of imide groups is 1. The van der Waals surface area contributed by atoms with E-state index in [1.54, 1.807) is 12.1 Å². The number of rotatable bonds is 6. The average Bonchev–Trinajstić information content (AvgIpc) is 3.02. The Balaban J connectivity index is 1.67. The third-order valence-corrected chi connectivity index (χ3v) is 5.07. The molecule has 3 amide bonds. The molecule has 1 atom stereocenters. The molecule has 2 aromatic carbocycles. The number of fused-ring (bicyclic) bond motifs is 1. The molecule has 6 nitrogen and oxygen atoms in total. The highest BCUT2D eigenvalue weighted by atomic mass is 19.3. The van der Waals surface area contributed by atoms with Crippen LogP contribution in [0.4, 0.5) is 23.2 Å². The second-order valence-electron chi connectivity index (χ2n) is 7.29. The minimum Gasteiger partial charge on any atom is -0.323 e. The van der Waals surface area contributed by atoms with E-state index in [2.05, 4.69) is 10.3 Å². The van der Waals surface area contributed by atoms with Crippen LogP contribution in [0.3, 0.4) is 0 Å². The Bertz CT molecular complexity index is 1190. The quantitative estimate of drug-likeness (QED) is 0.446. The Kier molecular flexibility index (Phi) is 5.91. The average molecular weight is 457 g/mol. The molecule has 1 aliphatic rings. The van der Waals surface area contributed by atoms with Crippen LogP contribution in [-0.2, 0) is 11.2 Å². The first kappa shape index (κ1) is 22.1. The molecule has 0 saturated carbocycles. The van der Waals surface area contributed by atoms with E-state index in [0.717, 1.165) is 29.3 Å². The summed E-state index contributed by atoms with van der Waals surface area (Å²) < 4.78 is 52.9. The number of pyridine rings is 1. The third-order valence-electron chi connectivity index (χ3n) is 5.07. The lowest BCUT2D eigenvalue weighted by Crippen LogP contribution is -2.48. The number of carbonyl (C=O) groups excluding carboxylic acids is 3. The molecule has 168 valence electrons. The molecule has 0 fully saturated rings. The number of carbonyl (C=O) groups is 3. The molecule has 0 spiro atoms. The summed E-state index contributed by atoms with van der Waals surface area (Å²) in [6, 6.07) is 9.32. The highest BCUT2D eigenvalue weighted by Gasteiger charge is 2.42. The van der Waals surface area contributed by atoms with Gasteiger partial charge in [-0.2, -0.15) is 0 Å². The van der Waals surface area contributed by atoms with Gasteiger partial charge in [-0.3, -0.25) is 24.3 Å². The van der Waals surface area contributed by atoms with Crippen molar-refractivity contribution in [3.8, 4) is 0 Å². The predicted molar refractivity (Wildman–Crippen MR) is 109 cm³/mol. The zero-order chi connectivity index (χ0) is 23.7. The molecule has 0 unspecified atom stereocenters. The monoisotopic (exact) mass is 457 g/mol. The van der Waals surface area contributed by atoms with E-state index >= 15 is 0 Å². The van der Waals surface area contributed by atoms with Crippen molar-refractivity contribution in [1.82, 2.24) is 9.88 Å². The first-order valence-corrected chi connectivity index (χ1v) is 9.71. The van der Waals surface area contributed by atoms with Gasteiger partial charge in [0.25, 0.3) is 18.2 Å². The maximum absolute atomic E-state index is 13.7. The zero-order valence-electron chi connectivity index (χ0n) is 16.8. The molecule has 10 heteroatoms. The van der Waals surface area contributed by atoms with Crippen LogP contribution in [0.1, 0.15) is 38.4 Å². The van der Waals surface area contributed by atoms with Crippen LogP contribution in [0.5, 0.6) is 0 Å². The molecule has 1 aromatic heterocycles. The summed E-state index contributed by atoms with van der Waals surface area (Å²) in [6.45, 7) is 0. The molecule has 4 rings (SSSR count). The van der Waals surface area contributed by atoms with Gasteiger partial charge in [0.05, 0.1) is 23.0 Å². The third kappa shape index (κ3) is 4.45. The van der Waals surface area contributed by atoms with Crippen molar-refractivity contribution in [2.75, 3.05) is 5.32 Å². The summed E-state index contributed by atoms with van der Waals surface area (Å²) >= 11 is 0. The molecular weight excluding hydrogens is 442 g/mol. The smallest absolute Gasteiger partial charge is 0.280 e. The van der Waals surface area contributed by atoms with Crippen LogP contribution in [0, 0.1) is 11.6 Å². The lowest BCUT2D eigenvalue weighted by molar-refractivity contribution is -0.119. The summed E-state index contributed by atoms with van der Waals surface area (Å²) in [6.07, 6.45) is -2.18. The van der Waals surface area contributed by atoms with Crippen LogP contribution < -0.4 is 5.32 Å². The SMILES string of the molecule is O=C(Nc1ccc(C(F)F)nc1)[C@H](Cc1cc(F)cc(F)c1)N1C(=O)c2ccccc2C1=O. The minimum atomic E-state index is -2.80. The Labute approximate surface area is 184 Å². The van der Waals surface area contributed by atoms with Gasteiger partial charge in [-0.15, -0.1) is 0 Å². The normalized spacial score (nSPS) is 13.9. The lowest BCUT2D eigenvalue weighted by atomic mass is 10.0. The summed E-state index contributed by atoms with van der Waals surface area (Å²) in [5.74, 6) is -4.12. The van der Waals surface area contributed by atoms with E-state index in [1.165, 1.54) is 18.2 Å². The molecule has 0 bridgehead atoms. The number of alkyl halides is 2. The van der Waals surface area contributed by atoms with Crippen LogP contribution >= 0.6 is 0 Å². The number of nitrogens with zero attached hydrogens (tertiary/aromatic N) is 2. The first-order valence-electron chi connectivity index (χ1n) is 9.71. The van der Waals surface area contributed by atoms with Gasteiger partial charge in [0.2, 0.25) is 5.91 Å². The van der Waals surface area contributed by atoms with E-state index in [0.29, 0.717) is 6.07 Å². The summed E-state index contributed by atoms with van der Waals surface area (Å²) in [4.78, 5) is 43.2. The fraction of sp³-hybridized carbons (Fsp3) is 0.130. The minimum absolute atomic E-state index is 0.0374. The standard InChI is InChI=1S/C23H15F4N3O3/c24-13-7-12(8-14(25)10-13)9-19(21(31)29-15-5-6-18(20(26)27)28-11-15)30-22(32)16-3-1-2-4-17(16)23(30)33/h1-8,10-11,19-20H,9H2,(H,29,31)/t19-/m0/s1. The number of hydrogen-bond donors (Lipinski definition) is 1. The number of anilines is 1. The van der Waals surface area contributed by atoms with E-state index in [4.69, 9.17) is 0 Å². The number of hydrogen-bond acceptors (Lipinski definition) is 4. The van der Waals surface area contributed by atoms with Crippen molar-refractivity contribution in [1.29, 1.82) is 0 Å². The topological polar surface area (TPSA) is 79.4 Å². The molecule has 33 heavy (non-hydrogen) atoms. The fourth-order valence-corrected chi connectivity index (χ4v) is 3.58. The Morgan fingerprint density at radius 3 is 2.06 bits per heavy atom.